The lowest BCUT2D eigenvalue weighted by Crippen LogP contribution is -2.27. The summed E-state index contributed by atoms with van der Waals surface area (Å²) >= 11 is 1.70. The summed E-state index contributed by atoms with van der Waals surface area (Å²) in [5.74, 6) is 0.738. The lowest BCUT2D eigenvalue weighted by atomic mass is 10.2. The first-order valence-corrected chi connectivity index (χ1v) is 6.76. The standard InChI is InChI=1S/C13H17NOS/c1-10(11-5-3-2-4-6-11)16-9-13(15)14-12-7-8-12/h2-6,10,12H,7-9H2,1H3,(H,14,15). The van der Waals surface area contributed by atoms with Crippen LogP contribution < -0.4 is 5.32 Å². The average Bonchev–Trinajstić information content (AvgIpc) is 3.11. The Kier molecular flexibility index (Phi) is 3.88. The number of hydrogen-bond donors (Lipinski definition) is 1. The van der Waals surface area contributed by atoms with E-state index in [1.54, 1.807) is 11.8 Å². The minimum Gasteiger partial charge on any atom is -0.353 e. The van der Waals surface area contributed by atoms with Crippen molar-refractivity contribution in [1.29, 1.82) is 0 Å². The fourth-order valence-corrected chi connectivity index (χ4v) is 2.35. The molecule has 1 aliphatic carbocycles. The van der Waals surface area contributed by atoms with Crippen LogP contribution >= 0.6 is 11.8 Å². The first-order chi connectivity index (χ1) is 7.75. The van der Waals surface area contributed by atoms with Crippen LogP contribution in [0.3, 0.4) is 0 Å². The molecule has 1 amide bonds. The number of thioether (sulfide) groups is 1. The molecule has 1 N–H and O–H groups in total. The van der Waals surface area contributed by atoms with Crippen LogP contribution in [0.2, 0.25) is 0 Å². The van der Waals surface area contributed by atoms with Gasteiger partial charge in [0.05, 0.1) is 5.75 Å². The highest BCUT2D eigenvalue weighted by molar-refractivity contribution is 8.00. The molecule has 1 aromatic rings. The SMILES string of the molecule is CC(SCC(=O)NC1CC1)c1ccccc1. The molecule has 1 aliphatic rings. The zero-order chi connectivity index (χ0) is 11.4. The van der Waals surface area contributed by atoms with E-state index < -0.39 is 0 Å². The van der Waals surface area contributed by atoms with Crippen molar-refractivity contribution in [3.63, 3.8) is 0 Å². The molecular formula is C13H17NOS. The zero-order valence-corrected chi connectivity index (χ0v) is 10.3. The molecule has 86 valence electrons. The van der Waals surface area contributed by atoms with Crippen LogP contribution in [0.25, 0.3) is 0 Å². The van der Waals surface area contributed by atoms with E-state index >= 15 is 0 Å². The third-order valence-corrected chi connectivity index (χ3v) is 3.88. The first-order valence-electron chi connectivity index (χ1n) is 5.71. The van der Waals surface area contributed by atoms with Crippen molar-refractivity contribution in [3.8, 4) is 0 Å². The van der Waals surface area contributed by atoms with Gasteiger partial charge in [0.1, 0.15) is 0 Å². The molecule has 2 rings (SSSR count). The number of carbonyl (C=O) groups is 1. The quantitative estimate of drug-likeness (QED) is 0.850. The Morgan fingerprint density at radius 2 is 2.12 bits per heavy atom. The Morgan fingerprint density at radius 3 is 2.75 bits per heavy atom. The van der Waals surface area contributed by atoms with Gasteiger partial charge in [0.15, 0.2) is 0 Å². The van der Waals surface area contributed by atoms with Gasteiger partial charge in [-0.05, 0) is 25.3 Å². The predicted octanol–water partition coefficient (Wildman–Crippen LogP) is 2.76. The number of carbonyl (C=O) groups excluding carboxylic acids is 1. The van der Waals surface area contributed by atoms with Gasteiger partial charge in [-0.3, -0.25) is 4.79 Å². The van der Waals surface area contributed by atoms with Crippen LogP contribution in [0.5, 0.6) is 0 Å². The van der Waals surface area contributed by atoms with Crippen molar-refractivity contribution < 1.29 is 4.79 Å². The minimum atomic E-state index is 0.176. The monoisotopic (exact) mass is 235 g/mol. The molecule has 0 bridgehead atoms. The zero-order valence-electron chi connectivity index (χ0n) is 9.48. The first kappa shape index (κ1) is 11.5. The molecule has 1 atom stereocenters. The maximum Gasteiger partial charge on any atom is 0.230 e. The van der Waals surface area contributed by atoms with Gasteiger partial charge in [-0.1, -0.05) is 30.3 Å². The second-order valence-electron chi connectivity index (χ2n) is 4.21. The van der Waals surface area contributed by atoms with Crippen LogP contribution in [0.1, 0.15) is 30.6 Å². The van der Waals surface area contributed by atoms with Crippen molar-refractivity contribution in [3.05, 3.63) is 35.9 Å². The third kappa shape index (κ3) is 3.56. The fraction of sp³-hybridized carbons (Fsp3) is 0.462. The van der Waals surface area contributed by atoms with E-state index in [1.165, 1.54) is 5.56 Å². The van der Waals surface area contributed by atoms with Crippen molar-refractivity contribution in [2.24, 2.45) is 0 Å². The molecule has 0 aliphatic heterocycles. The molecule has 0 radical (unpaired) electrons. The van der Waals surface area contributed by atoms with Gasteiger partial charge in [0.25, 0.3) is 0 Å². The fourth-order valence-electron chi connectivity index (χ4n) is 1.52. The summed E-state index contributed by atoms with van der Waals surface area (Å²) in [5.41, 5.74) is 1.28. The van der Waals surface area contributed by atoms with Crippen LogP contribution in [-0.2, 0) is 4.79 Å². The molecule has 0 saturated heterocycles. The number of rotatable bonds is 5. The van der Waals surface area contributed by atoms with Crippen LogP contribution in [0.4, 0.5) is 0 Å². The number of benzene rings is 1. The summed E-state index contributed by atoms with van der Waals surface area (Å²) in [4.78, 5) is 11.5. The Bertz CT molecular complexity index is 348. The maximum atomic E-state index is 11.5. The number of amides is 1. The van der Waals surface area contributed by atoms with Crippen molar-refractivity contribution in [1.82, 2.24) is 5.32 Å². The second kappa shape index (κ2) is 5.39. The Hall–Kier alpha value is -0.960. The Morgan fingerprint density at radius 1 is 1.44 bits per heavy atom. The molecule has 0 spiro atoms. The molecule has 1 saturated carbocycles. The molecular weight excluding hydrogens is 218 g/mol. The van der Waals surface area contributed by atoms with Gasteiger partial charge in [-0.15, -0.1) is 11.8 Å². The van der Waals surface area contributed by atoms with E-state index in [2.05, 4.69) is 24.4 Å². The lowest BCUT2D eigenvalue weighted by Gasteiger charge is -2.11. The smallest absolute Gasteiger partial charge is 0.230 e. The largest absolute Gasteiger partial charge is 0.353 e. The molecule has 1 unspecified atom stereocenters. The number of nitrogens with one attached hydrogen (secondary N) is 1. The maximum absolute atomic E-state index is 11.5. The summed E-state index contributed by atoms with van der Waals surface area (Å²) in [7, 11) is 0. The van der Waals surface area contributed by atoms with E-state index in [1.807, 2.05) is 18.2 Å². The normalized spacial score (nSPS) is 16.8. The van der Waals surface area contributed by atoms with Gasteiger partial charge < -0.3 is 5.32 Å². The van der Waals surface area contributed by atoms with Gasteiger partial charge in [-0.2, -0.15) is 0 Å². The van der Waals surface area contributed by atoms with E-state index in [-0.39, 0.29) is 5.91 Å². The van der Waals surface area contributed by atoms with E-state index in [9.17, 15) is 4.79 Å². The average molecular weight is 235 g/mol. The van der Waals surface area contributed by atoms with Gasteiger partial charge in [0.2, 0.25) is 5.91 Å². The Labute approximate surface area is 101 Å². The van der Waals surface area contributed by atoms with E-state index in [0.717, 1.165) is 12.8 Å². The van der Waals surface area contributed by atoms with Crippen molar-refractivity contribution in [2.75, 3.05) is 5.75 Å². The summed E-state index contributed by atoms with van der Waals surface area (Å²) in [6, 6.07) is 10.8. The molecule has 0 heterocycles. The van der Waals surface area contributed by atoms with Crippen LogP contribution in [0.15, 0.2) is 30.3 Å². The van der Waals surface area contributed by atoms with Crippen molar-refractivity contribution >= 4 is 17.7 Å². The molecule has 1 aromatic carbocycles. The van der Waals surface area contributed by atoms with Crippen LogP contribution in [0, 0.1) is 0 Å². The summed E-state index contributed by atoms with van der Waals surface area (Å²) in [6.45, 7) is 2.14. The van der Waals surface area contributed by atoms with Crippen LogP contribution in [-0.4, -0.2) is 17.7 Å². The summed E-state index contributed by atoms with van der Waals surface area (Å²) in [6.07, 6.45) is 2.31. The van der Waals surface area contributed by atoms with Gasteiger partial charge >= 0.3 is 0 Å². The molecule has 0 aromatic heterocycles. The van der Waals surface area contributed by atoms with Gasteiger partial charge in [-0.25, -0.2) is 0 Å². The molecule has 16 heavy (non-hydrogen) atoms. The van der Waals surface area contributed by atoms with Gasteiger partial charge in [0, 0.05) is 11.3 Å². The topological polar surface area (TPSA) is 29.1 Å². The minimum absolute atomic E-state index is 0.176. The Balaban J connectivity index is 1.74. The summed E-state index contributed by atoms with van der Waals surface area (Å²) in [5, 5.41) is 3.38. The molecule has 3 heteroatoms. The van der Waals surface area contributed by atoms with Crippen molar-refractivity contribution in [2.45, 2.75) is 31.1 Å². The predicted molar refractivity (Wildman–Crippen MR) is 68.5 cm³/mol. The van der Waals surface area contributed by atoms with E-state index in [4.69, 9.17) is 0 Å². The highest BCUT2D eigenvalue weighted by atomic mass is 32.2. The summed E-state index contributed by atoms with van der Waals surface area (Å²) < 4.78 is 0. The number of hydrogen-bond acceptors (Lipinski definition) is 2. The second-order valence-corrected chi connectivity index (χ2v) is 5.53. The van der Waals surface area contributed by atoms with E-state index in [0.29, 0.717) is 17.0 Å². The molecule has 2 nitrogen and oxygen atoms in total. The highest BCUT2D eigenvalue weighted by Gasteiger charge is 2.23. The molecule has 1 fully saturated rings. The third-order valence-electron chi connectivity index (χ3n) is 2.68. The lowest BCUT2D eigenvalue weighted by molar-refractivity contribution is -0.118. The highest BCUT2D eigenvalue weighted by Crippen LogP contribution is 2.27.